The van der Waals surface area contributed by atoms with Crippen molar-refractivity contribution < 1.29 is 14.4 Å². The molecule has 2 aromatic rings. The van der Waals surface area contributed by atoms with E-state index < -0.39 is 5.91 Å². The molecule has 0 aromatic heterocycles. The number of hydrogen-bond acceptors (Lipinski definition) is 4. The van der Waals surface area contributed by atoms with Crippen molar-refractivity contribution in [3.63, 3.8) is 0 Å². The van der Waals surface area contributed by atoms with Crippen molar-refractivity contribution in [3.8, 4) is 6.07 Å². The minimum Gasteiger partial charge on any atom is -0.322 e. The van der Waals surface area contributed by atoms with Crippen LogP contribution in [0.1, 0.15) is 68.7 Å². The van der Waals surface area contributed by atoms with Crippen molar-refractivity contribution in [1.29, 1.82) is 5.26 Å². The van der Waals surface area contributed by atoms with Crippen LogP contribution in [0.4, 0.5) is 5.69 Å². The summed E-state index contributed by atoms with van der Waals surface area (Å²) in [6.07, 6.45) is 4.86. The second kappa shape index (κ2) is 7.28. The number of carbonyl (C=O) groups is 3. The number of nitriles is 1. The number of nitrogens with one attached hydrogen (secondary N) is 1. The first kappa shape index (κ1) is 17.9. The topological polar surface area (TPSA) is 90.3 Å². The van der Waals surface area contributed by atoms with Crippen LogP contribution in [0.2, 0.25) is 0 Å². The van der Waals surface area contributed by atoms with Crippen LogP contribution in [0.25, 0.3) is 0 Å². The molecule has 1 fully saturated rings. The molecule has 1 saturated carbocycles. The Hall–Kier alpha value is -3.46. The van der Waals surface area contributed by atoms with Gasteiger partial charge in [-0.1, -0.05) is 25.3 Å². The van der Waals surface area contributed by atoms with Crippen LogP contribution in [-0.2, 0) is 0 Å². The number of anilines is 1. The zero-order valence-corrected chi connectivity index (χ0v) is 15.3. The van der Waals surface area contributed by atoms with Gasteiger partial charge in [-0.15, -0.1) is 0 Å². The lowest BCUT2D eigenvalue weighted by Crippen LogP contribution is -2.40. The minimum atomic E-state index is -0.394. The molecule has 6 nitrogen and oxygen atoms in total. The summed E-state index contributed by atoms with van der Waals surface area (Å²) in [5.74, 6) is -0.970. The Balaban J connectivity index is 1.57. The Morgan fingerprint density at radius 2 is 1.75 bits per heavy atom. The van der Waals surface area contributed by atoms with E-state index in [-0.39, 0.29) is 23.4 Å². The first-order chi connectivity index (χ1) is 13.6. The molecule has 3 amide bonds. The average molecular weight is 373 g/mol. The molecule has 1 N–H and O–H groups in total. The molecule has 28 heavy (non-hydrogen) atoms. The van der Waals surface area contributed by atoms with E-state index in [1.807, 2.05) is 6.07 Å². The fourth-order valence-corrected chi connectivity index (χ4v) is 3.94. The van der Waals surface area contributed by atoms with E-state index in [1.165, 1.54) is 11.0 Å². The zero-order chi connectivity index (χ0) is 19.7. The second-order valence-corrected chi connectivity index (χ2v) is 7.18. The maximum Gasteiger partial charge on any atom is 0.261 e. The summed E-state index contributed by atoms with van der Waals surface area (Å²) >= 11 is 0. The Morgan fingerprint density at radius 3 is 2.50 bits per heavy atom. The van der Waals surface area contributed by atoms with Crippen molar-refractivity contribution in [2.24, 2.45) is 0 Å². The van der Waals surface area contributed by atoms with E-state index in [0.29, 0.717) is 22.4 Å². The highest BCUT2D eigenvalue weighted by Gasteiger charge is 2.40. The number of nitrogens with zero attached hydrogens (tertiary/aromatic N) is 2. The van der Waals surface area contributed by atoms with Gasteiger partial charge in [-0.2, -0.15) is 5.26 Å². The van der Waals surface area contributed by atoms with Gasteiger partial charge in [-0.05, 0) is 49.2 Å². The molecule has 0 radical (unpaired) electrons. The summed E-state index contributed by atoms with van der Waals surface area (Å²) in [7, 11) is 0. The average Bonchev–Trinajstić information content (AvgIpc) is 2.98. The molecule has 1 aliphatic carbocycles. The van der Waals surface area contributed by atoms with Crippen LogP contribution in [0, 0.1) is 11.3 Å². The monoisotopic (exact) mass is 373 g/mol. The highest BCUT2D eigenvalue weighted by atomic mass is 16.2. The third kappa shape index (κ3) is 3.16. The molecular formula is C22H19N3O3. The molecule has 0 bridgehead atoms. The van der Waals surface area contributed by atoms with Crippen LogP contribution in [0.3, 0.4) is 0 Å². The van der Waals surface area contributed by atoms with E-state index in [9.17, 15) is 14.4 Å². The van der Waals surface area contributed by atoms with E-state index in [2.05, 4.69) is 5.32 Å². The maximum absolute atomic E-state index is 12.9. The molecule has 4 rings (SSSR count). The molecule has 1 heterocycles. The SMILES string of the molecule is N#Cc1cccc(NC(=O)c2ccc3c(c2)C(=O)N(C2CCCCC2)C3=O)c1. The number of carbonyl (C=O) groups excluding carboxylic acids is 3. The van der Waals surface area contributed by atoms with Gasteiger partial charge in [-0.25, -0.2) is 0 Å². The molecule has 6 heteroatoms. The number of amides is 3. The third-order valence-corrected chi connectivity index (χ3v) is 5.37. The van der Waals surface area contributed by atoms with Gasteiger partial charge in [-0.3, -0.25) is 19.3 Å². The van der Waals surface area contributed by atoms with E-state index >= 15 is 0 Å². The lowest BCUT2D eigenvalue weighted by Gasteiger charge is -2.29. The third-order valence-electron chi connectivity index (χ3n) is 5.37. The van der Waals surface area contributed by atoms with Crippen molar-refractivity contribution in [2.75, 3.05) is 5.32 Å². The second-order valence-electron chi connectivity index (χ2n) is 7.18. The molecule has 2 aromatic carbocycles. The van der Waals surface area contributed by atoms with Gasteiger partial charge < -0.3 is 5.32 Å². The fraction of sp³-hybridized carbons (Fsp3) is 0.273. The Kier molecular flexibility index (Phi) is 4.66. The fourth-order valence-electron chi connectivity index (χ4n) is 3.94. The van der Waals surface area contributed by atoms with E-state index in [0.717, 1.165) is 32.1 Å². The van der Waals surface area contributed by atoms with Crippen molar-refractivity contribution >= 4 is 23.4 Å². The number of rotatable bonds is 3. The lowest BCUT2D eigenvalue weighted by atomic mass is 9.94. The van der Waals surface area contributed by atoms with Crippen molar-refractivity contribution in [2.45, 2.75) is 38.1 Å². The summed E-state index contributed by atoms with van der Waals surface area (Å²) in [5, 5.41) is 11.7. The summed E-state index contributed by atoms with van der Waals surface area (Å²) < 4.78 is 0. The van der Waals surface area contributed by atoms with Gasteiger partial charge in [0.25, 0.3) is 17.7 Å². The smallest absolute Gasteiger partial charge is 0.261 e. The van der Waals surface area contributed by atoms with Gasteiger partial charge >= 0.3 is 0 Å². The molecule has 2 aliphatic rings. The number of imide groups is 1. The molecule has 0 unspecified atom stereocenters. The summed E-state index contributed by atoms with van der Waals surface area (Å²) in [5.41, 5.74) is 1.88. The highest BCUT2D eigenvalue weighted by molar-refractivity contribution is 6.22. The van der Waals surface area contributed by atoms with E-state index in [4.69, 9.17) is 5.26 Å². The predicted molar refractivity (Wildman–Crippen MR) is 103 cm³/mol. The predicted octanol–water partition coefficient (Wildman–Crippen LogP) is 3.74. The van der Waals surface area contributed by atoms with E-state index in [1.54, 1.807) is 36.4 Å². The summed E-state index contributed by atoms with van der Waals surface area (Å²) in [6, 6.07) is 13.2. The van der Waals surface area contributed by atoms with Gasteiger partial charge in [0.15, 0.2) is 0 Å². The number of hydrogen-bond donors (Lipinski definition) is 1. The minimum absolute atomic E-state index is 0.0489. The van der Waals surface area contributed by atoms with Gasteiger partial charge in [0.2, 0.25) is 0 Å². The molecule has 0 saturated heterocycles. The summed E-state index contributed by atoms with van der Waals surface area (Å²) in [4.78, 5) is 39.5. The quantitative estimate of drug-likeness (QED) is 0.830. The number of benzene rings is 2. The standard InChI is InChI=1S/C22H19N3O3/c23-13-14-5-4-6-16(11-14)24-20(26)15-9-10-18-19(12-15)22(28)25(21(18)27)17-7-2-1-3-8-17/h4-6,9-12,17H,1-3,7-8H2,(H,24,26). The van der Waals surface area contributed by atoms with Crippen molar-refractivity contribution in [1.82, 2.24) is 4.90 Å². The zero-order valence-electron chi connectivity index (χ0n) is 15.3. The van der Waals surface area contributed by atoms with Gasteiger partial charge in [0, 0.05) is 17.3 Å². The largest absolute Gasteiger partial charge is 0.322 e. The molecular weight excluding hydrogens is 354 g/mol. The Bertz CT molecular complexity index is 1020. The van der Waals surface area contributed by atoms with Crippen LogP contribution in [0.5, 0.6) is 0 Å². The van der Waals surface area contributed by atoms with Crippen LogP contribution < -0.4 is 5.32 Å². The van der Waals surface area contributed by atoms with Crippen LogP contribution in [0.15, 0.2) is 42.5 Å². The maximum atomic E-state index is 12.9. The molecule has 1 aliphatic heterocycles. The number of fused-ring (bicyclic) bond motifs is 1. The van der Waals surface area contributed by atoms with Gasteiger partial charge in [0.05, 0.1) is 22.8 Å². The Labute approximate surface area is 162 Å². The first-order valence-corrected chi connectivity index (χ1v) is 9.42. The van der Waals surface area contributed by atoms with Crippen LogP contribution in [-0.4, -0.2) is 28.7 Å². The van der Waals surface area contributed by atoms with Gasteiger partial charge in [0.1, 0.15) is 0 Å². The highest BCUT2D eigenvalue weighted by Crippen LogP contribution is 2.31. The first-order valence-electron chi connectivity index (χ1n) is 9.42. The van der Waals surface area contributed by atoms with Crippen LogP contribution >= 0.6 is 0 Å². The summed E-state index contributed by atoms with van der Waals surface area (Å²) in [6.45, 7) is 0. The Morgan fingerprint density at radius 1 is 1.00 bits per heavy atom. The van der Waals surface area contributed by atoms with Crippen molar-refractivity contribution in [3.05, 3.63) is 64.7 Å². The normalized spacial score (nSPS) is 16.6. The lowest BCUT2D eigenvalue weighted by molar-refractivity contribution is 0.0549. The molecule has 0 spiro atoms. The molecule has 0 atom stereocenters. The molecule has 140 valence electrons.